The van der Waals surface area contributed by atoms with Crippen molar-refractivity contribution in [2.24, 2.45) is 0 Å². The zero-order valence-electron chi connectivity index (χ0n) is 14.6. The van der Waals surface area contributed by atoms with Gasteiger partial charge in [-0.05, 0) is 36.8 Å². The lowest BCUT2D eigenvalue weighted by Gasteiger charge is -2.10. The monoisotopic (exact) mass is 423 g/mol. The summed E-state index contributed by atoms with van der Waals surface area (Å²) in [6.07, 6.45) is 1.63. The van der Waals surface area contributed by atoms with Crippen LogP contribution in [-0.4, -0.2) is 22.8 Å². The van der Waals surface area contributed by atoms with Crippen molar-refractivity contribution in [3.8, 4) is 5.75 Å². The number of nitrogens with one attached hydrogen (secondary N) is 1. The summed E-state index contributed by atoms with van der Waals surface area (Å²) in [5.74, 6) is 0.591. The van der Waals surface area contributed by atoms with Crippen LogP contribution in [0.1, 0.15) is 21.5 Å². The lowest BCUT2D eigenvalue weighted by Crippen LogP contribution is -2.15. The fourth-order valence-electron chi connectivity index (χ4n) is 2.64. The second-order valence-corrected chi connectivity index (χ2v) is 7.10. The van der Waals surface area contributed by atoms with Gasteiger partial charge in [-0.15, -0.1) is 0 Å². The number of anilines is 1. The second-order valence-electron chi connectivity index (χ2n) is 5.85. The highest BCUT2D eigenvalue weighted by molar-refractivity contribution is 6.35. The number of ether oxygens (including phenoxy) is 1. The third-order valence-electron chi connectivity index (χ3n) is 4.05. The number of rotatable bonds is 5. The molecule has 27 heavy (non-hydrogen) atoms. The molecular weight excluding hydrogens is 409 g/mol. The molecule has 1 amide bonds. The Morgan fingerprint density at radius 3 is 2.67 bits per heavy atom. The zero-order chi connectivity index (χ0) is 19.6. The lowest BCUT2D eigenvalue weighted by molar-refractivity contribution is 0.102. The Morgan fingerprint density at radius 2 is 1.96 bits per heavy atom. The van der Waals surface area contributed by atoms with Gasteiger partial charge in [0.1, 0.15) is 10.8 Å². The maximum atomic E-state index is 12.6. The predicted octanol–water partition coefficient (Wildman–Crippen LogP) is 5.46. The smallest absolute Gasteiger partial charge is 0.257 e. The number of methoxy groups -OCH3 is 1. The van der Waals surface area contributed by atoms with Gasteiger partial charge >= 0.3 is 0 Å². The number of carbonyl (C=O) groups is 1. The van der Waals surface area contributed by atoms with Gasteiger partial charge in [0.05, 0.1) is 13.7 Å². The number of carbonyl (C=O) groups excluding carboxylic acids is 1. The first-order valence-corrected chi connectivity index (χ1v) is 9.14. The lowest BCUT2D eigenvalue weighted by atomic mass is 10.1. The van der Waals surface area contributed by atoms with E-state index in [9.17, 15) is 4.79 Å². The number of amides is 1. The molecule has 0 aliphatic carbocycles. The van der Waals surface area contributed by atoms with Crippen LogP contribution in [0, 0.1) is 6.92 Å². The van der Waals surface area contributed by atoms with Gasteiger partial charge < -0.3 is 10.1 Å². The molecule has 5 nitrogen and oxygen atoms in total. The molecule has 1 N–H and O–H groups in total. The Kier molecular flexibility index (Phi) is 5.95. The van der Waals surface area contributed by atoms with Crippen molar-refractivity contribution < 1.29 is 9.53 Å². The number of hydrogen-bond donors (Lipinski definition) is 1. The summed E-state index contributed by atoms with van der Waals surface area (Å²) in [6.45, 7) is 2.21. The summed E-state index contributed by atoms with van der Waals surface area (Å²) in [5, 5.41) is 8.49. The van der Waals surface area contributed by atoms with Crippen molar-refractivity contribution in [1.82, 2.24) is 9.78 Å². The molecule has 0 bridgehead atoms. The van der Waals surface area contributed by atoms with E-state index < -0.39 is 0 Å². The molecule has 0 spiro atoms. The standard InChI is InChI=1S/C19H16Cl3N3O2/c1-11-14(4-3-5-17(11)27-2)19(26)23-18-16(22)10-25(24-18)9-12-6-7-13(20)8-15(12)21/h3-8,10H,9H2,1-2H3,(H,23,24,26). The average Bonchev–Trinajstić information content (AvgIpc) is 2.96. The minimum Gasteiger partial charge on any atom is -0.496 e. The van der Waals surface area contributed by atoms with Crippen LogP contribution in [0.25, 0.3) is 0 Å². The molecule has 140 valence electrons. The molecule has 0 radical (unpaired) electrons. The molecule has 0 fully saturated rings. The van der Waals surface area contributed by atoms with Crippen molar-refractivity contribution in [1.29, 1.82) is 0 Å². The van der Waals surface area contributed by atoms with Crippen LogP contribution in [0.4, 0.5) is 5.82 Å². The van der Waals surface area contributed by atoms with Crippen LogP contribution in [0.3, 0.4) is 0 Å². The van der Waals surface area contributed by atoms with Gasteiger partial charge in [-0.3, -0.25) is 9.48 Å². The zero-order valence-corrected chi connectivity index (χ0v) is 16.9. The third kappa shape index (κ3) is 4.38. The van der Waals surface area contributed by atoms with Crippen molar-refractivity contribution in [2.75, 3.05) is 12.4 Å². The molecule has 0 saturated carbocycles. The van der Waals surface area contributed by atoms with Gasteiger partial charge in [0, 0.05) is 27.4 Å². The maximum absolute atomic E-state index is 12.6. The van der Waals surface area contributed by atoms with Gasteiger partial charge in [0.15, 0.2) is 5.82 Å². The highest BCUT2D eigenvalue weighted by Crippen LogP contribution is 2.26. The van der Waals surface area contributed by atoms with E-state index in [0.29, 0.717) is 32.9 Å². The summed E-state index contributed by atoms with van der Waals surface area (Å²) >= 11 is 18.3. The number of hydrogen-bond acceptors (Lipinski definition) is 3. The number of halogens is 3. The van der Waals surface area contributed by atoms with Crippen LogP contribution in [0.15, 0.2) is 42.6 Å². The molecule has 1 aromatic heterocycles. The van der Waals surface area contributed by atoms with Crippen LogP contribution < -0.4 is 10.1 Å². The number of nitrogens with zero attached hydrogens (tertiary/aromatic N) is 2. The molecule has 2 aromatic carbocycles. The summed E-state index contributed by atoms with van der Waals surface area (Å²) in [7, 11) is 1.56. The Morgan fingerprint density at radius 1 is 1.19 bits per heavy atom. The first-order chi connectivity index (χ1) is 12.9. The fourth-order valence-corrected chi connectivity index (χ4v) is 3.31. The van der Waals surface area contributed by atoms with Gasteiger partial charge in [-0.2, -0.15) is 5.10 Å². The molecule has 1 heterocycles. The highest BCUT2D eigenvalue weighted by atomic mass is 35.5. The van der Waals surface area contributed by atoms with E-state index in [1.54, 1.807) is 48.3 Å². The van der Waals surface area contributed by atoms with E-state index in [-0.39, 0.29) is 11.7 Å². The molecule has 0 saturated heterocycles. The first-order valence-electron chi connectivity index (χ1n) is 8.01. The van der Waals surface area contributed by atoms with Crippen LogP contribution in [0.2, 0.25) is 15.1 Å². The molecule has 0 atom stereocenters. The Labute approximate surface area is 171 Å². The minimum absolute atomic E-state index is 0.272. The van der Waals surface area contributed by atoms with Crippen molar-refractivity contribution in [3.63, 3.8) is 0 Å². The van der Waals surface area contributed by atoms with E-state index in [1.807, 2.05) is 13.0 Å². The van der Waals surface area contributed by atoms with Crippen molar-refractivity contribution in [2.45, 2.75) is 13.5 Å². The van der Waals surface area contributed by atoms with Gasteiger partial charge in [0.25, 0.3) is 5.91 Å². The first kappa shape index (κ1) is 19.5. The maximum Gasteiger partial charge on any atom is 0.257 e. The molecule has 0 unspecified atom stereocenters. The topological polar surface area (TPSA) is 56.1 Å². The van der Waals surface area contributed by atoms with E-state index in [2.05, 4.69) is 10.4 Å². The molecule has 8 heteroatoms. The quantitative estimate of drug-likeness (QED) is 0.591. The van der Waals surface area contributed by atoms with Gasteiger partial charge in [-0.1, -0.05) is 46.9 Å². The molecule has 0 aliphatic rings. The van der Waals surface area contributed by atoms with Gasteiger partial charge in [0.2, 0.25) is 0 Å². The average molecular weight is 425 g/mol. The Balaban J connectivity index is 1.80. The highest BCUT2D eigenvalue weighted by Gasteiger charge is 2.16. The van der Waals surface area contributed by atoms with E-state index in [4.69, 9.17) is 39.5 Å². The largest absolute Gasteiger partial charge is 0.496 e. The predicted molar refractivity (Wildman–Crippen MR) is 108 cm³/mol. The number of aromatic nitrogens is 2. The molecule has 0 aliphatic heterocycles. The third-order valence-corrected chi connectivity index (χ3v) is 4.91. The number of benzene rings is 2. The second kappa shape index (κ2) is 8.21. The van der Waals surface area contributed by atoms with Crippen LogP contribution >= 0.6 is 34.8 Å². The Hall–Kier alpha value is -2.21. The molecule has 3 rings (SSSR count). The summed E-state index contributed by atoms with van der Waals surface area (Å²) in [6, 6.07) is 10.5. The minimum atomic E-state index is -0.317. The summed E-state index contributed by atoms with van der Waals surface area (Å²) in [5.41, 5.74) is 2.06. The van der Waals surface area contributed by atoms with E-state index >= 15 is 0 Å². The molecular formula is C19H16Cl3N3O2. The van der Waals surface area contributed by atoms with E-state index in [1.165, 1.54) is 0 Å². The van der Waals surface area contributed by atoms with Gasteiger partial charge in [-0.25, -0.2) is 0 Å². The fraction of sp³-hybridized carbons (Fsp3) is 0.158. The SMILES string of the molecule is COc1cccc(C(=O)Nc2nn(Cc3ccc(Cl)cc3Cl)cc2Cl)c1C. The van der Waals surface area contributed by atoms with Crippen molar-refractivity contribution in [3.05, 3.63) is 74.4 Å². The summed E-state index contributed by atoms with van der Waals surface area (Å²) < 4.78 is 6.85. The normalized spacial score (nSPS) is 10.7. The van der Waals surface area contributed by atoms with Crippen LogP contribution in [0.5, 0.6) is 5.75 Å². The van der Waals surface area contributed by atoms with Crippen molar-refractivity contribution >= 4 is 46.5 Å². The Bertz CT molecular complexity index is 1000. The van der Waals surface area contributed by atoms with E-state index in [0.717, 1.165) is 11.1 Å². The van der Waals surface area contributed by atoms with Crippen LogP contribution in [-0.2, 0) is 6.54 Å². The molecule has 3 aromatic rings. The summed E-state index contributed by atoms with van der Waals surface area (Å²) in [4.78, 5) is 12.6.